The van der Waals surface area contributed by atoms with Crippen molar-refractivity contribution >= 4 is 47.0 Å². The molecule has 1 aromatic rings. The van der Waals surface area contributed by atoms with Gasteiger partial charge in [-0.05, 0) is 24.4 Å². The number of nitrogens with zero attached hydrogens (tertiary/aromatic N) is 4. The summed E-state index contributed by atoms with van der Waals surface area (Å²) in [5.41, 5.74) is 0. The molecule has 5 nitrogen and oxygen atoms in total. The zero-order valence-electron chi connectivity index (χ0n) is 11.2. The van der Waals surface area contributed by atoms with Crippen molar-refractivity contribution in [2.75, 3.05) is 47.1 Å². The summed E-state index contributed by atoms with van der Waals surface area (Å²) in [6.07, 6.45) is 2.39. The molecule has 1 aromatic heterocycles. The van der Waals surface area contributed by atoms with Gasteiger partial charge in [0.2, 0.25) is 17.2 Å². The van der Waals surface area contributed by atoms with Gasteiger partial charge in [0, 0.05) is 42.1 Å². The summed E-state index contributed by atoms with van der Waals surface area (Å²) < 4.78 is 0. The van der Waals surface area contributed by atoms with E-state index < -0.39 is 0 Å². The largest absolute Gasteiger partial charge is 0.353 e. The van der Waals surface area contributed by atoms with E-state index in [2.05, 4.69) is 25.2 Å². The van der Waals surface area contributed by atoms with Crippen LogP contribution in [0.4, 0.5) is 11.9 Å². The molecule has 2 saturated heterocycles. The van der Waals surface area contributed by atoms with Crippen molar-refractivity contribution < 1.29 is 0 Å². The maximum absolute atomic E-state index is 6.01. The highest BCUT2D eigenvalue weighted by atomic mass is 35.5. The van der Waals surface area contributed by atoms with E-state index in [0.29, 0.717) is 17.1 Å². The Balaban J connectivity index is 1.63. The lowest BCUT2D eigenvalue weighted by atomic mass is 10.4. The average molecular weight is 332 g/mol. The Hall–Kier alpha value is -0.400. The van der Waals surface area contributed by atoms with Crippen LogP contribution in [0.25, 0.3) is 0 Å². The monoisotopic (exact) mass is 331 g/mol. The van der Waals surface area contributed by atoms with Crippen LogP contribution in [0.5, 0.6) is 0 Å². The van der Waals surface area contributed by atoms with E-state index in [9.17, 15) is 0 Å². The highest BCUT2D eigenvalue weighted by Crippen LogP contribution is 2.24. The molecule has 2 aliphatic rings. The summed E-state index contributed by atoms with van der Waals surface area (Å²) in [5.74, 6) is 4.99. The zero-order valence-corrected chi connectivity index (χ0v) is 13.6. The van der Waals surface area contributed by atoms with E-state index in [1.807, 2.05) is 23.5 Å². The molecule has 0 saturated carbocycles. The molecule has 0 amide bonds. The molecule has 8 heteroatoms. The fourth-order valence-corrected chi connectivity index (χ4v) is 5.10. The van der Waals surface area contributed by atoms with Gasteiger partial charge < -0.3 is 10.2 Å². The lowest BCUT2D eigenvalue weighted by Crippen LogP contribution is -2.25. The molecule has 20 heavy (non-hydrogen) atoms. The van der Waals surface area contributed by atoms with Gasteiger partial charge in [0.25, 0.3) is 0 Å². The summed E-state index contributed by atoms with van der Waals surface area (Å²) in [7, 11) is 0. The van der Waals surface area contributed by atoms with Gasteiger partial charge in [-0.2, -0.15) is 38.5 Å². The topological polar surface area (TPSA) is 53.9 Å². The van der Waals surface area contributed by atoms with Crippen LogP contribution in [0.3, 0.4) is 0 Å². The van der Waals surface area contributed by atoms with E-state index >= 15 is 0 Å². The Kier molecular flexibility index (Phi) is 5.12. The first-order chi connectivity index (χ1) is 9.81. The molecule has 1 atom stereocenters. The van der Waals surface area contributed by atoms with Crippen LogP contribution in [0.1, 0.15) is 12.8 Å². The maximum atomic E-state index is 6.01. The highest BCUT2D eigenvalue weighted by Gasteiger charge is 2.18. The molecule has 1 unspecified atom stereocenters. The standard InChI is InChI=1S/C12H18ClN5S2/c13-10-15-11(14-7-9-8-19-5-6-20-9)17-12(16-10)18-3-1-2-4-18/h9H,1-8H2,(H,14,15,16,17). The van der Waals surface area contributed by atoms with Crippen molar-refractivity contribution in [3.63, 3.8) is 0 Å². The quantitative estimate of drug-likeness (QED) is 0.909. The van der Waals surface area contributed by atoms with Gasteiger partial charge in [0.05, 0.1) is 0 Å². The van der Waals surface area contributed by atoms with E-state index in [0.717, 1.165) is 19.6 Å². The third kappa shape index (κ3) is 3.83. The minimum absolute atomic E-state index is 0.273. The predicted octanol–water partition coefficient (Wildman–Crippen LogP) is 2.39. The molecule has 110 valence electrons. The van der Waals surface area contributed by atoms with Gasteiger partial charge in [-0.15, -0.1) is 0 Å². The Morgan fingerprint density at radius 1 is 1.20 bits per heavy atom. The lowest BCUT2D eigenvalue weighted by molar-refractivity contribution is 0.872. The maximum Gasteiger partial charge on any atom is 0.231 e. The number of anilines is 2. The second-order valence-electron chi connectivity index (χ2n) is 4.87. The van der Waals surface area contributed by atoms with Gasteiger partial charge in [-0.25, -0.2) is 0 Å². The Morgan fingerprint density at radius 3 is 2.80 bits per heavy atom. The predicted molar refractivity (Wildman–Crippen MR) is 88.3 cm³/mol. The van der Waals surface area contributed by atoms with Crippen molar-refractivity contribution in [3.05, 3.63) is 5.28 Å². The molecule has 0 spiro atoms. The van der Waals surface area contributed by atoms with Crippen LogP contribution < -0.4 is 10.2 Å². The number of rotatable bonds is 4. The first-order valence-electron chi connectivity index (χ1n) is 6.91. The first-order valence-corrected chi connectivity index (χ1v) is 9.49. The molecule has 1 N–H and O–H groups in total. The van der Waals surface area contributed by atoms with Crippen molar-refractivity contribution in [1.82, 2.24) is 15.0 Å². The molecule has 0 aliphatic carbocycles. The molecule has 3 heterocycles. The van der Waals surface area contributed by atoms with Crippen LogP contribution in [-0.2, 0) is 0 Å². The first kappa shape index (κ1) is 14.5. The summed E-state index contributed by atoms with van der Waals surface area (Å²) in [6, 6.07) is 0. The Labute approximate surface area is 132 Å². The molecule has 2 aliphatic heterocycles. The van der Waals surface area contributed by atoms with Crippen LogP contribution in [-0.4, -0.2) is 57.1 Å². The number of hydrogen-bond donors (Lipinski definition) is 1. The molecular formula is C12H18ClN5S2. The van der Waals surface area contributed by atoms with Gasteiger partial charge in [-0.3, -0.25) is 0 Å². The van der Waals surface area contributed by atoms with E-state index in [4.69, 9.17) is 11.6 Å². The number of thioether (sulfide) groups is 2. The van der Waals surface area contributed by atoms with Gasteiger partial charge in [0.1, 0.15) is 0 Å². The van der Waals surface area contributed by atoms with Gasteiger partial charge in [-0.1, -0.05) is 0 Å². The van der Waals surface area contributed by atoms with Crippen molar-refractivity contribution in [3.8, 4) is 0 Å². The van der Waals surface area contributed by atoms with Crippen LogP contribution in [0.2, 0.25) is 5.28 Å². The third-order valence-corrected chi connectivity index (χ3v) is 6.37. The zero-order chi connectivity index (χ0) is 13.8. The number of nitrogens with one attached hydrogen (secondary N) is 1. The second kappa shape index (κ2) is 7.04. The van der Waals surface area contributed by atoms with Crippen molar-refractivity contribution in [2.45, 2.75) is 18.1 Å². The highest BCUT2D eigenvalue weighted by molar-refractivity contribution is 8.06. The minimum atomic E-state index is 0.273. The second-order valence-corrected chi connectivity index (χ2v) is 7.77. The molecule has 0 aromatic carbocycles. The Morgan fingerprint density at radius 2 is 2.05 bits per heavy atom. The lowest BCUT2D eigenvalue weighted by Gasteiger charge is -2.21. The summed E-state index contributed by atoms with van der Waals surface area (Å²) in [4.78, 5) is 15.1. The summed E-state index contributed by atoms with van der Waals surface area (Å²) in [5, 5.41) is 4.21. The van der Waals surface area contributed by atoms with Crippen molar-refractivity contribution in [1.29, 1.82) is 0 Å². The average Bonchev–Trinajstić information content (AvgIpc) is 3.00. The number of halogens is 1. The summed E-state index contributed by atoms with van der Waals surface area (Å²) >= 11 is 10.0. The molecule has 0 radical (unpaired) electrons. The van der Waals surface area contributed by atoms with Crippen LogP contribution in [0.15, 0.2) is 0 Å². The SMILES string of the molecule is Clc1nc(NCC2CSCCS2)nc(N2CCCC2)n1. The fourth-order valence-electron chi connectivity index (χ4n) is 2.34. The third-order valence-electron chi connectivity index (χ3n) is 3.36. The Bertz CT molecular complexity index is 449. The van der Waals surface area contributed by atoms with Gasteiger partial charge >= 0.3 is 0 Å². The smallest absolute Gasteiger partial charge is 0.231 e. The molecule has 2 fully saturated rings. The molecule has 0 bridgehead atoms. The van der Waals surface area contributed by atoms with E-state index in [-0.39, 0.29) is 5.28 Å². The van der Waals surface area contributed by atoms with Gasteiger partial charge in [0.15, 0.2) is 0 Å². The number of hydrogen-bond acceptors (Lipinski definition) is 7. The summed E-state index contributed by atoms with van der Waals surface area (Å²) in [6.45, 7) is 2.90. The van der Waals surface area contributed by atoms with E-state index in [1.54, 1.807) is 0 Å². The van der Waals surface area contributed by atoms with E-state index in [1.165, 1.54) is 30.1 Å². The molecule has 3 rings (SSSR count). The normalized spacial score (nSPS) is 23.1. The number of aromatic nitrogens is 3. The van der Waals surface area contributed by atoms with Crippen molar-refractivity contribution in [2.24, 2.45) is 0 Å². The minimum Gasteiger partial charge on any atom is -0.353 e. The molecular weight excluding hydrogens is 314 g/mol. The van der Waals surface area contributed by atoms with Crippen LogP contribution in [0, 0.1) is 0 Å². The fraction of sp³-hybridized carbons (Fsp3) is 0.750. The van der Waals surface area contributed by atoms with Crippen LogP contribution >= 0.6 is 35.1 Å².